The topological polar surface area (TPSA) is 56.8 Å². The number of thiophene rings is 1. The van der Waals surface area contributed by atoms with Crippen LogP contribution in [0.5, 0.6) is 0 Å². The number of likely N-dealkylation sites (N-methyl/N-ethyl adjacent to an activating group) is 1. The highest BCUT2D eigenvalue weighted by Crippen LogP contribution is 2.22. The number of ether oxygens (including phenoxy) is 1. The highest BCUT2D eigenvalue weighted by atomic mass is 32.1. The predicted octanol–water partition coefficient (Wildman–Crippen LogP) is 0.982. The van der Waals surface area contributed by atoms with Crippen LogP contribution >= 0.6 is 11.3 Å². The molecule has 2 N–H and O–H groups in total. The summed E-state index contributed by atoms with van der Waals surface area (Å²) in [5.41, 5.74) is 0. The van der Waals surface area contributed by atoms with Gasteiger partial charge in [0.15, 0.2) is 0 Å². The Labute approximate surface area is 136 Å². The summed E-state index contributed by atoms with van der Waals surface area (Å²) in [6, 6.07) is 4.26. The van der Waals surface area contributed by atoms with E-state index < -0.39 is 0 Å². The second-order valence-electron chi connectivity index (χ2n) is 5.59. The van der Waals surface area contributed by atoms with Gasteiger partial charge in [-0.2, -0.15) is 0 Å². The van der Waals surface area contributed by atoms with E-state index in [9.17, 15) is 4.79 Å². The molecule has 0 radical (unpaired) electrons. The lowest BCUT2D eigenvalue weighted by Gasteiger charge is -2.26. The van der Waals surface area contributed by atoms with E-state index in [0.29, 0.717) is 13.1 Å². The Bertz CT molecular complexity index is 433. The van der Waals surface area contributed by atoms with Crippen molar-refractivity contribution in [2.45, 2.75) is 6.04 Å². The van der Waals surface area contributed by atoms with Gasteiger partial charge in [-0.25, -0.2) is 4.79 Å². The van der Waals surface area contributed by atoms with Gasteiger partial charge in [0.25, 0.3) is 0 Å². The Morgan fingerprint density at radius 1 is 1.41 bits per heavy atom. The van der Waals surface area contributed by atoms with Gasteiger partial charge in [-0.1, -0.05) is 6.07 Å². The number of morpholine rings is 1. The number of hydrogen-bond donors (Lipinski definition) is 2. The van der Waals surface area contributed by atoms with Crippen molar-refractivity contribution in [1.82, 2.24) is 20.4 Å². The molecular weight excluding hydrogens is 300 g/mol. The van der Waals surface area contributed by atoms with Crippen LogP contribution in [-0.2, 0) is 4.74 Å². The lowest BCUT2D eigenvalue weighted by atomic mass is 10.2. The molecule has 0 spiro atoms. The zero-order valence-corrected chi connectivity index (χ0v) is 14.2. The summed E-state index contributed by atoms with van der Waals surface area (Å²) < 4.78 is 5.30. The summed E-state index contributed by atoms with van der Waals surface area (Å²) in [5.74, 6) is 0. The van der Waals surface area contributed by atoms with Crippen molar-refractivity contribution in [3.8, 4) is 0 Å². The fourth-order valence-corrected chi connectivity index (χ4v) is 3.35. The van der Waals surface area contributed by atoms with E-state index in [4.69, 9.17) is 4.74 Å². The number of carbonyl (C=O) groups is 1. The zero-order valence-electron chi connectivity index (χ0n) is 13.4. The number of carbonyl (C=O) groups excluding carboxylic acids is 1. The minimum absolute atomic E-state index is 0.100. The molecule has 1 aromatic heterocycles. The number of nitrogens with one attached hydrogen (secondary N) is 2. The third-order valence-corrected chi connectivity index (χ3v) is 4.74. The Kier molecular flexibility index (Phi) is 7.11. The maximum Gasteiger partial charge on any atom is 0.314 e. The highest BCUT2D eigenvalue weighted by Gasteiger charge is 2.16. The summed E-state index contributed by atoms with van der Waals surface area (Å²) >= 11 is 1.72. The second kappa shape index (κ2) is 9.09. The van der Waals surface area contributed by atoms with Gasteiger partial charge in [-0.05, 0) is 25.5 Å². The molecule has 2 heterocycles. The molecule has 22 heavy (non-hydrogen) atoms. The largest absolute Gasteiger partial charge is 0.379 e. The van der Waals surface area contributed by atoms with E-state index in [-0.39, 0.29) is 12.1 Å². The van der Waals surface area contributed by atoms with Gasteiger partial charge in [0, 0.05) is 37.6 Å². The van der Waals surface area contributed by atoms with Crippen LogP contribution in [0.4, 0.5) is 4.79 Å². The molecule has 0 bridgehead atoms. The maximum absolute atomic E-state index is 11.9. The minimum atomic E-state index is -0.100. The molecule has 0 aromatic carbocycles. The van der Waals surface area contributed by atoms with Gasteiger partial charge < -0.3 is 20.3 Å². The van der Waals surface area contributed by atoms with Gasteiger partial charge in [0.1, 0.15) is 0 Å². The SMILES string of the molecule is CN(C)[C@@H](CNC(=O)NCCN1CCOCC1)c1cccs1. The lowest BCUT2D eigenvalue weighted by Crippen LogP contribution is -2.45. The Morgan fingerprint density at radius 3 is 2.82 bits per heavy atom. The van der Waals surface area contributed by atoms with E-state index in [1.165, 1.54) is 4.88 Å². The van der Waals surface area contributed by atoms with Gasteiger partial charge in [-0.3, -0.25) is 4.90 Å². The Hall–Kier alpha value is -1.15. The van der Waals surface area contributed by atoms with Crippen molar-refractivity contribution in [1.29, 1.82) is 0 Å². The molecular formula is C15H26N4O2S. The second-order valence-corrected chi connectivity index (χ2v) is 6.56. The molecule has 0 unspecified atom stereocenters. The van der Waals surface area contributed by atoms with Crippen molar-refractivity contribution in [3.05, 3.63) is 22.4 Å². The quantitative estimate of drug-likeness (QED) is 0.784. The number of rotatable bonds is 7. The van der Waals surface area contributed by atoms with Crippen LogP contribution in [0.1, 0.15) is 10.9 Å². The summed E-state index contributed by atoms with van der Waals surface area (Å²) in [6.07, 6.45) is 0. The highest BCUT2D eigenvalue weighted by molar-refractivity contribution is 7.10. The smallest absolute Gasteiger partial charge is 0.314 e. The third-order valence-electron chi connectivity index (χ3n) is 3.77. The standard InChI is InChI=1S/C15H26N4O2S/c1-18(2)13(14-4-3-11-22-14)12-17-15(20)16-5-6-19-7-9-21-10-8-19/h3-4,11,13H,5-10,12H2,1-2H3,(H2,16,17,20)/t13-/m0/s1. The molecule has 2 amide bonds. The molecule has 1 aromatic rings. The average molecular weight is 326 g/mol. The van der Waals surface area contributed by atoms with Crippen LogP contribution in [-0.4, -0.2) is 75.9 Å². The number of hydrogen-bond acceptors (Lipinski definition) is 5. The van der Waals surface area contributed by atoms with E-state index >= 15 is 0 Å². The van der Waals surface area contributed by atoms with Crippen molar-refractivity contribution < 1.29 is 9.53 Å². The van der Waals surface area contributed by atoms with Crippen LogP contribution < -0.4 is 10.6 Å². The molecule has 1 aliphatic rings. The van der Waals surface area contributed by atoms with E-state index in [1.807, 2.05) is 20.2 Å². The summed E-state index contributed by atoms with van der Waals surface area (Å²) in [7, 11) is 4.06. The molecule has 6 nitrogen and oxygen atoms in total. The Balaban J connectivity index is 1.65. The van der Waals surface area contributed by atoms with Gasteiger partial charge >= 0.3 is 6.03 Å². The van der Waals surface area contributed by atoms with Gasteiger partial charge in [0.2, 0.25) is 0 Å². The van der Waals surface area contributed by atoms with Gasteiger partial charge in [0.05, 0.1) is 19.3 Å². The number of nitrogens with zero attached hydrogens (tertiary/aromatic N) is 2. The molecule has 0 aliphatic carbocycles. The third kappa shape index (κ3) is 5.57. The lowest BCUT2D eigenvalue weighted by molar-refractivity contribution is 0.0387. The summed E-state index contributed by atoms with van der Waals surface area (Å²) in [6.45, 7) is 5.62. The van der Waals surface area contributed by atoms with Crippen molar-refractivity contribution in [3.63, 3.8) is 0 Å². The molecule has 1 fully saturated rings. The molecule has 1 aliphatic heterocycles. The van der Waals surface area contributed by atoms with Crippen LogP contribution in [0.3, 0.4) is 0 Å². The van der Waals surface area contributed by atoms with Gasteiger partial charge in [-0.15, -0.1) is 11.3 Å². The average Bonchev–Trinajstić information content (AvgIpc) is 3.02. The first-order valence-corrected chi connectivity index (χ1v) is 8.56. The molecule has 0 saturated carbocycles. The number of urea groups is 1. The van der Waals surface area contributed by atoms with Crippen LogP contribution in [0.25, 0.3) is 0 Å². The van der Waals surface area contributed by atoms with Crippen molar-refractivity contribution in [2.75, 3.05) is 60.0 Å². The van der Waals surface area contributed by atoms with E-state index in [2.05, 4.69) is 31.9 Å². The van der Waals surface area contributed by atoms with Crippen molar-refractivity contribution in [2.24, 2.45) is 0 Å². The van der Waals surface area contributed by atoms with Crippen molar-refractivity contribution >= 4 is 17.4 Å². The fourth-order valence-electron chi connectivity index (χ4n) is 2.42. The molecule has 1 atom stereocenters. The van der Waals surface area contributed by atoms with Crippen LogP contribution in [0.2, 0.25) is 0 Å². The zero-order chi connectivity index (χ0) is 15.8. The van der Waals surface area contributed by atoms with Crippen LogP contribution in [0.15, 0.2) is 17.5 Å². The Morgan fingerprint density at radius 2 is 2.18 bits per heavy atom. The molecule has 7 heteroatoms. The first-order valence-electron chi connectivity index (χ1n) is 7.68. The number of amides is 2. The normalized spacial score (nSPS) is 17.4. The minimum Gasteiger partial charge on any atom is -0.379 e. The molecule has 2 rings (SSSR count). The maximum atomic E-state index is 11.9. The predicted molar refractivity (Wildman–Crippen MR) is 89.4 cm³/mol. The van der Waals surface area contributed by atoms with E-state index in [1.54, 1.807) is 11.3 Å². The molecule has 124 valence electrons. The van der Waals surface area contributed by atoms with E-state index in [0.717, 1.165) is 32.8 Å². The first-order chi connectivity index (χ1) is 10.7. The first kappa shape index (κ1) is 17.2. The monoisotopic (exact) mass is 326 g/mol. The summed E-state index contributed by atoms with van der Waals surface area (Å²) in [4.78, 5) is 17.6. The van der Waals surface area contributed by atoms with Crippen LogP contribution in [0, 0.1) is 0 Å². The fraction of sp³-hybridized carbons (Fsp3) is 0.667. The summed E-state index contributed by atoms with van der Waals surface area (Å²) in [5, 5.41) is 7.95. The molecule has 1 saturated heterocycles.